The Labute approximate surface area is 125 Å². The van der Waals surface area contributed by atoms with Gasteiger partial charge < -0.3 is 9.84 Å². The normalized spacial score (nSPS) is 11.1. The van der Waals surface area contributed by atoms with Crippen molar-refractivity contribution in [3.8, 4) is 17.2 Å². The highest BCUT2D eigenvalue weighted by Gasteiger charge is 2.11. The molecule has 0 aliphatic heterocycles. The van der Waals surface area contributed by atoms with Crippen molar-refractivity contribution in [2.75, 3.05) is 0 Å². The Morgan fingerprint density at radius 3 is 2.41 bits per heavy atom. The van der Waals surface area contributed by atoms with E-state index < -0.39 is 6.43 Å². The van der Waals surface area contributed by atoms with Crippen molar-refractivity contribution in [3.63, 3.8) is 0 Å². The number of phenols is 1. The van der Waals surface area contributed by atoms with Crippen LogP contribution in [0.5, 0.6) is 17.2 Å². The van der Waals surface area contributed by atoms with Crippen LogP contribution in [0.15, 0.2) is 48.5 Å². The van der Waals surface area contributed by atoms with Gasteiger partial charge in [-0.05, 0) is 55.0 Å². The second-order valence-electron chi connectivity index (χ2n) is 4.94. The van der Waals surface area contributed by atoms with Crippen molar-refractivity contribution in [2.24, 2.45) is 0 Å². The fourth-order valence-electron chi connectivity index (χ4n) is 2.22. The van der Waals surface area contributed by atoms with Crippen molar-refractivity contribution in [2.45, 2.75) is 13.3 Å². The molecule has 0 atom stereocenters. The lowest BCUT2D eigenvalue weighted by molar-refractivity contribution is 0.146. The van der Waals surface area contributed by atoms with Gasteiger partial charge in [0.2, 0.25) is 0 Å². The summed E-state index contributed by atoms with van der Waals surface area (Å²) < 4.78 is 31.1. The molecule has 0 saturated heterocycles. The van der Waals surface area contributed by atoms with Crippen LogP contribution in [0.2, 0.25) is 0 Å². The van der Waals surface area contributed by atoms with E-state index in [4.69, 9.17) is 4.74 Å². The molecule has 0 bridgehead atoms. The first-order valence-corrected chi connectivity index (χ1v) is 6.69. The maximum atomic E-state index is 12.7. The third-order valence-corrected chi connectivity index (χ3v) is 3.27. The van der Waals surface area contributed by atoms with Gasteiger partial charge in [0.25, 0.3) is 6.43 Å². The number of aromatic nitrogens is 1. The summed E-state index contributed by atoms with van der Waals surface area (Å²) in [5.74, 6) is 1.32. The number of benzene rings is 2. The van der Waals surface area contributed by atoms with Crippen molar-refractivity contribution in [3.05, 3.63) is 59.8 Å². The lowest BCUT2D eigenvalue weighted by Gasteiger charge is -2.10. The van der Waals surface area contributed by atoms with E-state index in [0.29, 0.717) is 17.0 Å². The molecule has 1 aromatic heterocycles. The highest BCUT2D eigenvalue weighted by Crippen LogP contribution is 2.30. The Morgan fingerprint density at radius 2 is 1.73 bits per heavy atom. The number of halogens is 2. The Balaban J connectivity index is 1.98. The van der Waals surface area contributed by atoms with Crippen LogP contribution in [0.25, 0.3) is 10.9 Å². The van der Waals surface area contributed by atoms with Gasteiger partial charge in [-0.15, -0.1) is 0 Å². The molecule has 0 aliphatic carbocycles. The van der Waals surface area contributed by atoms with E-state index in [9.17, 15) is 13.9 Å². The standard InChI is InChI=1S/C17H13F2NO2/c1-10-8-14(22-13-5-3-12(21)4-6-13)9-11-2-7-15(17(18)19)20-16(10)11/h2-9,17,21H,1H3. The Hall–Kier alpha value is -2.69. The predicted molar refractivity (Wildman–Crippen MR) is 79.6 cm³/mol. The Bertz CT molecular complexity index is 817. The first kappa shape index (κ1) is 14.3. The molecule has 1 heterocycles. The van der Waals surface area contributed by atoms with Crippen LogP contribution in [-0.4, -0.2) is 10.1 Å². The molecular formula is C17H13F2NO2. The van der Waals surface area contributed by atoms with Crippen molar-refractivity contribution in [1.82, 2.24) is 4.98 Å². The summed E-state index contributed by atoms with van der Waals surface area (Å²) in [5.41, 5.74) is 1.06. The summed E-state index contributed by atoms with van der Waals surface area (Å²) in [7, 11) is 0. The predicted octanol–water partition coefficient (Wildman–Crippen LogP) is 4.98. The lowest BCUT2D eigenvalue weighted by Crippen LogP contribution is -1.93. The third kappa shape index (κ3) is 2.83. The van der Waals surface area contributed by atoms with E-state index >= 15 is 0 Å². The molecule has 22 heavy (non-hydrogen) atoms. The molecule has 112 valence electrons. The molecule has 0 unspecified atom stereocenters. The molecule has 0 saturated carbocycles. The van der Waals surface area contributed by atoms with Crippen LogP contribution in [-0.2, 0) is 0 Å². The van der Waals surface area contributed by atoms with Gasteiger partial charge >= 0.3 is 0 Å². The molecule has 3 rings (SSSR count). The summed E-state index contributed by atoms with van der Waals surface area (Å²) >= 11 is 0. The van der Waals surface area contributed by atoms with Gasteiger partial charge in [0.15, 0.2) is 0 Å². The maximum Gasteiger partial charge on any atom is 0.280 e. The smallest absolute Gasteiger partial charge is 0.280 e. The summed E-state index contributed by atoms with van der Waals surface area (Å²) in [6.45, 7) is 1.80. The van der Waals surface area contributed by atoms with E-state index in [0.717, 1.165) is 10.9 Å². The molecule has 5 heteroatoms. The number of nitrogens with zero attached hydrogens (tertiary/aromatic N) is 1. The van der Waals surface area contributed by atoms with Crippen LogP contribution in [0, 0.1) is 6.92 Å². The molecule has 0 aliphatic rings. The van der Waals surface area contributed by atoms with E-state index in [1.165, 1.54) is 18.2 Å². The van der Waals surface area contributed by atoms with E-state index in [1.54, 1.807) is 37.3 Å². The van der Waals surface area contributed by atoms with E-state index in [2.05, 4.69) is 4.98 Å². The summed E-state index contributed by atoms with van der Waals surface area (Å²) in [4.78, 5) is 4.00. The molecule has 3 nitrogen and oxygen atoms in total. The van der Waals surface area contributed by atoms with Crippen LogP contribution in [0.4, 0.5) is 8.78 Å². The first-order chi connectivity index (χ1) is 10.5. The number of ether oxygens (including phenoxy) is 1. The van der Waals surface area contributed by atoms with Crippen LogP contribution in [0.1, 0.15) is 17.7 Å². The van der Waals surface area contributed by atoms with Gasteiger partial charge in [0, 0.05) is 5.39 Å². The minimum absolute atomic E-state index is 0.158. The number of fused-ring (bicyclic) bond motifs is 1. The van der Waals surface area contributed by atoms with Gasteiger partial charge in [-0.3, -0.25) is 0 Å². The number of pyridine rings is 1. The van der Waals surface area contributed by atoms with Gasteiger partial charge in [0.05, 0.1) is 5.52 Å². The fourth-order valence-corrected chi connectivity index (χ4v) is 2.22. The van der Waals surface area contributed by atoms with Gasteiger partial charge in [-0.25, -0.2) is 13.8 Å². The fraction of sp³-hybridized carbons (Fsp3) is 0.118. The Morgan fingerprint density at radius 1 is 1.00 bits per heavy atom. The second kappa shape index (κ2) is 5.60. The highest BCUT2D eigenvalue weighted by molar-refractivity contribution is 5.83. The zero-order valence-corrected chi connectivity index (χ0v) is 11.8. The van der Waals surface area contributed by atoms with E-state index in [-0.39, 0.29) is 11.4 Å². The van der Waals surface area contributed by atoms with Gasteiger partial charge in [0.1, 0.15) is 22.9 Å². The van der Waals surface area contributed by atoms with Gasteiger partial charge in [-0.1, -0.05) is 6.07 Å². The van der Waals surface area contributed by atoms with Crippen molar-refractivity contribution in [1.29, 1.82) is 0 Å². The van der Waals surface area contributed by atoms with Crippen LogP contribution in [0.3, 0.4) is 0 Å². The number of alkyl halides is 2. The highest BCUT2D eigenvalue weighted by atomic mass is 19.3. The number of aromatic hydroxyl groups is 1. The molecule has 0 fully saturated rings. The molecule has 3 aromatic rings. The largest absolute Gasteiger partial charge is 0.508 e. The minimum atomic E-state index is -2.59. The quantitative estimate of drug-likeness (QED) is 0.742. The molecule has 2 aromatic carbocycles. The average Bonchev–Trinajstić information content (AvgIpc) is 2.49. The first-order valence-electron chi connectivity index (χ1n) is 6.69. The zero-order valence-electron chi connectivity index (χ0n) is 11.8. The topological polar surface area (TPSA) is 42.4 Å². The summed E-state index contributed by atoms with van der Waals surface area (Å²) in [5, 5.41) is 9.99. The lowest BCUT2D eigenvalue weighted by atomic mass is 10.1. The van der Waals surface area contributed by atoms with Gasteiger partial charge in [-0.2, -0.15) is 0 Å². The number of phenolic OH excluding ortho intramolecular Hbond substituents is 1. The summed E-state index contributed by atoms with van der Waals surface area (Å²) in [6, 6.07) is 12.8. The van der Waals surface area contributed by atoms with Crippen LogP contribution < -0.4 is 4.74 Å². The second-order valence-corrected chi connectivity index (χ2v) is 4.94. The monoisotopic (exact) mass is 301 g/mol. The maximum absolute atomic E-state index is 12.7. The Kier molecular flexibility index (Phi) is 3.63. The molecule has 1 N–H and O–H groups in total. The number of aryl methyl sites for hydroxylation is 1. The number of hydrogen-bond donors (Lipinski definition) is 1. The molecule has 0 spiro atoms. The van der Waals surface area contributed by atoms with Crippen molar-refractivity contribution >= 4 is 10.9 Å². The molecule has 0 radical (unpaired) electrons. The zero-order chi connectivity index (χ0) is 15.7. The number of hydrogen-bond acceptors (Lipinski definition) is 3. The summed E-state index contributed by atoms with van der Waals surface area (Å²) in [6.07, 6.45) is -2.59. The molecular weight excluding hydrogens is 288 g/mol. The molecule has 0 amide bonds. The average molecular weight is 301 g/mol. The SMILES string of the molecule is Cc1cc(Oc2ccc(O)cc2)cc2ccc(C(F)F)nc12. The minimum Gasteiger partial charge on any atom is -0.508 e. The number of rotatable bonds is 3. The van der Waals surface area contributed by atoms with E-state index in [1.807, 2.05) is 0 Å². The van der Waals surface area contributed by atoms with Crippen LogP contribution >= 0.6 is 0 Å². The third-order valence-electron chi connectivity index (χ3n) is 3.27. The van der Waals surface area contributed by atoms with Crippen molar-refractivity contribution < 1.29 is 18.6 Å².